The first-order valence-electron chi connectivity index (χ1n) is 6.17. The molecule has 1 N–H and O–H groups in total. The van der Waals surface area contributed by atoms with Crippen LogP contribution in [-0.4, -0.2) is 18.2 Å². The summed E-state index contributed by atoms with van der Waals surface area (Å²) < 4.78 is 6.15. The van der Waals surface area contributed by atoms with Gasteiger partial charge in [-0.05, 0) is 57.9 Å². The average Bonchev–Trinajstić information content (AvgIpc) is 2.83. The van der Waals surface area contributed by atoms with Crippen molar-refractivity contribution < 1.29 is 14.6 Å². The van der Waals surface area contributed by atoms with Crippen molar-refractivity contribution in [3.8, 4) is 5.75 Å². The monoisotopic (exact) mass is 354 g/mol. The van der Waals surface area contributed by atoms with Crippen LogP contribution in [0.15, 0.2) is 40.2 Å². The Balaban J connectivity index is 2.13. The molecule has 2 aromatic rings. The molecule has 3 nitrogen and oxygen atoms in total. The van der Waals surface area contributed by atoms with Gasteiger partial charge in [0.25, 0.3) is 0 Å². The van der Waals surface area contributed by atoms with Gasteiger partial charge < -0.3 is 9.84 Å². The Morgan fingerprint density at radius 1 is 1.40 bits per heavy atom. The molecule has 1 unspecified atom stereocenters. The number of carbonyl (C=O) groups is 1. The summed E-state index contributed by atoms with van der Waals surface area (Å²) >= 11 is 5.03. The first-order chi connectivity index (χ1) is 9.60. The summed E-state index contributed by atoms with van der Waals surface area (Å²) in [7, 11) is 1.61. The Morgan fingerprint density at radius 3 is 2.80 bits per heavy atom. The molecule has 0 radical (unpaired) electrons. The van der Waals surface area contributed by atoms with E-state index in [0.29, 0.717) is 12.8 Å². The predicted molar refractivity (Wildman–Crippen MR) is 83.5 cm³/mol. The number of hydrogen-bond donors (Lipinski definition) is 1. The summed E-state index contributed by atoms with van der Waals surface area (Å²) in [6, 6.07) is 9.51. The topological polar surface area (TPSA) is 46.5 Å². The Hall–Kier alpha value is -1.33. The third-order valence-corrected chi connectivity index (χ3v) is 5.04. The molecular formula is C15H15BrO3S. The number of ether oxygens (including phenoxy) is 1. The first kappa shape index (κ1) is 15.1. The number of rotatable bonds is 6. The van der Waals surface area contributed by atoms with Gasteiger partial charge in [-0.1, -0.05) is 12.1 Å². The lowest BCUT2D eigenvalue weighted by Crippen LogP contribution is -2.18. The van der Waals surface area contributed by atoms with E-state index in [1.54, 1.807) is 18.4 Å². The predicted octanol–water partition coefficient (Wildman–Crippen LogP) is 4.01. The second-order valence-electron chi connectivity index (χ2n) is 4.49. The van der Waals surface area contributed by atoms with Crippen LogP contribution in [0.5, 0.6) is 5.75 Å². The first-order valence-corrected chi connectivity index (χ1v) is 7.85. The zero-order valence-electron chi connectivity index (χ0n) is 11.0. The van der Waals surface area contributed by atoms with E-state index < -0.39 is 11.9 Å². The standard InChI is InChI=1S/C15H15BrO3S/c1-19-12-4-2-3-10(8-12)7-11(15(17)18)9-14-13(16)5-6-20-14/h2-6,8,11H,7,9H2,1H3,(H,17,18). The van der Waals surface area contributed by atoms with Crippen LogP contribution in [0.25, 0.3) is 0 Å². The molecule has 1 aromatic carbocycles. The number of thiophene rings is 1. The van der Waals surface area contributed by atoms with Crippen molar-refractivity contribution in [2.45, 2.75) is 12.8 Å². The Kier molecular flexibility index (Phi) is 5.20. The van der Waals surface area contributed by atoms with E-state index >= 15 is 0 Å². The maximum atomic E-state index is 11.5. The van der Waals surface area contributed by atoms with Gasteiger partial charge in [0.1, 0.15) is 5.75 Å². The van der Waals surface area contributed by atoms with Gasteiger partial charge in [-0.25, -0.2) is 0 Å². The van der Waals surface area contributed by atoms with Gasteiger partial charge in [-0.15, -0.1) is 11.3 Å². The lowest BCUT2D eigenvalue weighted by molar-refractivity contribution is -0.141. The zero-order valence-corrected chi connectivity index (χ0v) is 13.4. The third-order valence-electron chi connectivity index (χ3n) is 3.09. The lowest BCUT2D eigenvalue weighted by Gasteiger charge is -2.12. The van der Waals surface area contributed by atoms with Crippen LogP contribution in [-0.2, 0) is 17.6 Å². The van der Waals surface area contributed by atoms with Crippen molar-refractivity contribution in [2.75, 3.05) is 7.11 Å². The average molecular weight is 355 g/mol. The number of aliphatic carboxylic acids is 1. The summed E-state index contributed by atoms with van der Waals surface area (Å²) in [5.41, 5.74) is 0.976. The lowest BCUT2D eigenvalue weighted by atomic mass is 9.95. The molecule has 1 aromatic heterocycles. The minimum Gasteiger partial charge on any atom is -0.497 e. The normalized spacial score (nSPS) is 12.1. The van der Waals surface area contributed by atoms with Gasteiger partial charge in [0.05, 0.1) is 13.0 Å². The maximum absolute atomic E-state index is 11.5. The summed E-state index contributed by atoms with van der Waals surface area (Å²) in [5, 5.41) is 11.4. The number of methoxy groups -OCH3 is 1. The molecule has 0 saturated heterocycles. The van der Waals surface area contributed by atoms with E-state index in [0.717, 1.165) is 20.7 Å². The van der Waals surface area contributed by atoms with E-state index in [4.69, 9.17) is 4.74 Å². The second-order valence-corrected chi connectivity index (χ2v) is 6.34. The van der Waals surface area contributed by atoms with Crippen LogP contribution < -0.4 is 4.74 Å². The van der Waals surface area contributed by atoms with Gasteiger partial charge in [0.2, 0.25) is 0 Å². The highest BCUT2D eigenvalue weighted by Crippen LogP contribution is 2.27. The van der Waals surface area contributed by atoms with Gasteiger partial charge in [0, 0.05) is 9.35 Å². The van der Waals surface area contributed by atoms with E-state index in [-0.39, 0.29) is 0 Å². The van der Waals surface area contributed by atoms with Crippen LogP contribution >= 0.6 is 27.3 Å². The summed E-state index contributed by atoms with van der Waals surface area (Å²) in [5.74, 6) is -0.450. The van der Waals surface area contributed by atoms with E-state index in [1.807, 2.05) is 35.7 Å². The SMILES string of the molecule is COc1cccc(CC(Cc2sccc2Br)C(=O)O)c1. The number of hydrogen-bond acceptors (Lipinski definition) is 3. The van der Waals surface area contributed by atoms with Gasteiger partial charge in [-0.3, -0.25) is 4.79 Å². The molecule has 1 atom stereocenters. The van der Waals surface area contributed by atoms with Crippen LogP contribution in [0.3, 0.4) is 0 Å². The molecule has 0 amide bonds. The molecule has 0 bridgehead atoms. The smallest absolute Gasteiger partial charge is 0.307 e. The van der Waals surface area contributed by atoms with Crippen LogP contribution in [0, 0.1) is 5.92 Å². The molecule has 0 fully saturated rings. The Morgan fingerprint density at radius 2 is 2.20 bits per heavy atom. The van der Waals surface area contributed by atoms with E-state index in [2.05, 4.69) is 15.9 Å². The molecule has 20 heavy (non-hydrogen) atoms. The fraction of sp³-hybridized carbons (Fsp3) is 0.267. The maximum Gasteiger partial charge on any atom is 0.307 e. The van der Waals surface area contributed by atoms with Crippen molar-refractivity contribution in [1.82, 2.24) is 0 Å². The Labute approximate surface area is 130 Å². The van der Waals surface area contributed by atoms with Crippen molar-refractivity contribution in [1.29, 1.82) is 0 Å². The van der Waals surface area contributed by atoms with Crippen LogP contribution in [0.1, 0.15) is 10.4 Å². The molecule has 1 heterocycles. The van der Waals surface area contributed by atoms with Crippen molar-refractivity contribution in [2.24, 2.45) is 5.92 Å². The quantitative estimate of drug-likeness (QED) is 0.852. The highest BCUT2D eigenvalue weighted by atomic mass is 79.9. The number of halogens is 1. The number of carboxylic acid groups (broad SMARTS) is 1. The van der Waals surface area contributed by atoms with Gasteiger partial charge in [0.15, 0.2) is 0 Å². The number of carboxylic acids is 1. The second kappa shape index (κ2) is 6.90. The highest BCUT2D eigenvalue weighted by Gasteiger charge is 2.20. The molecule has 0 aliphatic rings. The molecule has 2 rings (SSSR count). The minimum atomic E-state index is -0.770. The van der Waals surface area contributed by atoms with Gasteiger partial charge in [-0.2, -0.15) is 0 Å². The Bertz CT molecular complexity index is 594. The fourth-order valence-electron chi connectivity index (χ4n) is 2.03. The molecule has 0 spiro atoms. The molecule has 106 valence electrons. The third kappa shape index (κ3) is 3.84. The van der Waals surface area contributed by atoms with Crippen LogP contribution in [0.2, 0.25) is 0 Å². The summed E-state index contributed by atoms with van der Waals surface area (Å²) in [6.45, 7) is 0. The zero-order chi connectivity index (χ0) is 14.5. The highest BCUT2D eigenvalue weighted by molar-refractivity contribution is 9.10. The summed E-state index contributed by atoms with van der Waals surface area (Å²) in [6.07, 6.45) is 1.03. The summed E-state index contributed by atoms with van der Waals surface area (Å²) in [4.78, 5) is 12.5. The fourth-order valence-corrected chi connectivity index (χ4v) is 3.62. The molecule has 0 aliphatic carbocycles. The minimum absolute atomic E-state index is 0.433. The number of benzene rings is 1. The molecule has 0 aliphatic heterocycles. The van der Waals surface area contributed by atoms with Crippen molar-refractivity contribution in [3.05, 3.63) is 50.6 Å². The van der Waals surface area contributed by atoms with Gasteiger partial charge >= 0.3 is 5.97 Å². The van der Waals surface area contributed by atoms with E-state index in [1.165, 1.54) is 0 Å². The van der Waals surface area contributed by atoms with Crippen LogP contribution in [0.4, 0.5) is 0 Å². The molecule has 0 saturated carbocycles. The largest absolute Gasteiger partial charge is 0.497 e. The molecular weight excluding hydrogens is 340 g/mol. The van der Waals surface area contributed by atoms with E-state index in [9.17, 15) is 9.90 Å². The molecule has 5 heteroatoms. The van der Waals surface area contributed by atoms with Crippen molar-refractivity contribution >= 4 is 33.2 Å². The van der Waals surface area contributed by atoms with Crippen molar-refractivity contribution in [3.63, 3.8) is 0 Å².